The molecule has 0 saturated carbocycles. The summed E-state index contributed by atoms with van der Waals surface area (Å²) in [7, 11) is 1.41. The molecule has 1 amide bonds. The Morgan fingerprint density at radius 1 is 1.08 bits per heavy atom. The summed E-state index contributed by atoms with van der Waals surface area (Å²) in [5.74, 6) is -1.83. The van der Waals surface area contributed by atoms with E-state index < -0.39 is 23.6 Å². The van der Waals surface area contributed by atoms with Crippen LogP contribution >= 0.6 is 0 Å². The van der Waals surface area contributed by atoms with Crippen molar-refractivity contribution in [3.8, 4) is 11.5 Å². The maximum atomic E-state index is 13.6. The first-order valence-corrected chi connectivity index (χ1v) is 7.43. The zero-order valence-electron chi connectivity index (χ0n) is 13.9. The molecule has 0 fully saturated rings. The highest BCUT2D eigenvalue weighted by atomic mass is 19.1. The minimum atomic E-state index is -0.985. The van der Waals surface area contributed by atoms with Gasteiger partial charge in [0.15, 0.2) is 23.4 Å². The number of rotatable bonds is 6. The monoisotopic (exact) mass is 349 g/mol. The van der Waals surface area contributed by atoms with E-state index in [1.54, 1.807) is 6.07 Å². The summed E-state index contributed by atoms with van der Waals surface area (Å²) in [5, 5.41) is 2.32. The average molecular weight is 349 g/mol. The second-order valence-electron chi connectivity index (χ2n) is 5.30. The van der Waals surface area contributed by atoms with Crippen LogP contribution in [0, 0.1) is 11.6 Å². The Kier molecular flexibility index (Phi) is 5.69. The predicted octanol–water partition coefficient (Wildman–Crippen LogP) is 3.58. The summed E-state index contributed by atoms with van der Waals surface area (Å²) in [4.78, 5) is 23.5. The molecule has 0 aliphatic carbocycles. The third-order valence-corrected chi connectivity index (χ3v) is 3.43. The number of hydrogen-bond donors (Lipinski definition) is 1. The van der Waals surface area contributed by atoms with E-state index in [4.69, 9.17) is 9.47 Å². The smallest absolute Gasteiger partial charge is 0.265 e. The highest BCUT2D eigenvalue weighted by Crippen LogP contribution is 2.29. The number of halogens is 2. The summed E-state index contributed by atoms with van der Waals surface area (Å²) in [6, 6.07) is 7.39. The van der Waals surface area contributed by atoms with Gasteiger partial charge in [-0.15, -0.1) is 0 Å². The number of ketones is 1. The van der Waals surface area contributed by atoms with Crippen molar-refractivity contribution in [1.82, 2.24) is 0 Å². The van der Waals surface area contributed by atoms with E-state index in [0.29, 0.717) is 17.4 Å². The van der Waals surface area contributed by atoms with Crippen LogP contribution in [0.2, 0.25) is 0 Å². The molecule has 132 valence electrons. The molecule has 0 aliphatic rings. The summed E-state index contributed by atoms with van der Waals surface area (Å²) in [6.45, 7) is 2.89. The molecule has 2 aromatic rings. The molecule has 7 heteroatoms. The lowest BCUT2D eigenvalue weighted by atomic mass is 10.1. The van der Waals surface area contributed by atoms with Gasteiger partial charge in [-0.25, -0.2) is 8.78 Å². The number of anilines is 1. The third-order valence-electron chi connectivity index (χ3n) is 3.43. The van der Waals surface area contributed by atoms with Crippen LogP contribution in [-0.4, -0.2) is 24.9 Å². The number of ether oxygens (including phenoxy) is 2. The van der Waals surface area contributed by atoms with Crippen LogP contribution in [0.4, 0.5) is 14.5 Å². The van der Waals surface area contributed by atoms with Crippen molar-refractivity contribution in [2.24, 2.45) is 0 Å². The number of benzene rings is 2. The Labute approximate surface area is 143 Å². The predicted molar refractivity (Wildman–Crippen MR) is 88.1 cm³/mol. The van der Waals surface area contributed by atoms with E-state index in [1.807, 2.05) is 0 Å². The molecule has 0 aromatic heterocycles. The van der Waals surface area contributed by atoms with Gasteiger partial charge in [-0.1, -0.05) is 0 Å². The summed E-state index contributed by atoms with van der Waals surface area (Å²) in [5.41, 5.74) is 0.287. The standard InChI is InChI=1S/C18H17F2NO4/c1-10(22)12-4-7-16(17(8-12)24-3)25-11(2)18(23)21-15-6-5-13(19)9-14(15)20/h4-9,11H,1-3H3,(H,21,23)/t11-/m0/s1. The van der Waals surface area contributed by atoms with Gasteiger partial charge >= 0.3 is 0 Å². The number of carbonyl (C=O) groups excluding carboxylic acids is 2. The molecule has 0 bridgehead atoms. The van der Waals surface area contributed by atoms with Crippen LogP contribution in [0.25, 0.3) is 0 Å². The number of methoxy groups -OCH3 is 1. The summed E-state index contributed by atoms with van der Waals surface area (Å²) < 4.78 is 37.2. The van der Waals surface area contributed by atoms with E-state index in [0.717, 1.165) is 12.1 Å². The van der Waals surface area contributed by atoms with Crippen LogP contribution in [0.5, 0.6) is 11.5 Å². The minimum absolute atomic E-state index is 0.137. The molecule has 0 radical (unpaired) electrons. The van der Waals surface area contributed by atoms with Gasteiger partial charge in [0.1, 0.15) is 11.6 Å². The van der Waals surface area contributed by atoms with Crippen molar-refractivity contribution in [3.63, 3.8) is 0 Å². The highest BCUT2D eigenvalue weighted by molar-refractivity contribution is 5.95. The van der Waals surface area contributed by atoms with Crippen molar-refractivity contribution in [2.75, 3.05) is 12.4 Å². The molecule has 0 aliphatic heterocycles. The van der Waals surface area contributed by atoms with Crippen LogP contribution in [0.15, 0.2) is 36.4 Å². The maximum absolute atomic E-state index is 13.6. The lowest BCUT2D eigenvalue weighted by Gasteiger charge is -2.17. The molecule has 0 saturated heterocycles. The first kappa shape index (κ1) is 18.4. The number of amides is 1. The molecule has 25 heavy (non-hydrogen) atoms. The van der Waals surface area contributed by atoms with Crippen molar-refractivity contribution >= 4 is 17.4 Å². The van der Waals surface area contributed by atoms with Crippen LogP contribution < -0.4 is 14.8 Å². The molecule has 2 aromatic carbocycles. The van der Waals surface area contributed by atoms with Gasteiger partial charge < -0.3 is 14.8 Å². The van der Waals surface area contributed by atoms with Gasteiger partial charge in [0.05, 0.1) is 12.8 Å². The van der Waals surface area contributed by atoms with Crippen molar-refractivity contribution in [3.05, 3.63) is 53.6 Å². The van der Waals surface area contributed by atoms with Gasteiger partial charge in [0.2, 0.25) is 0 Å². The van der Waals surface area contributed by atoms with Crippen molar-refractivity contribution in [2.45, 2.75) is 20.0 Å². The fourth-order valence-corrected chi connectivity index (χ4v) is 2.05. The van der Waals surface area contributed by atoms with Crippen LogP contribution in [0.1, 0.15) is 24.2 Å². The maximum Gasteiger partial charge on any atom is 0.265 e. The van der Waals surface area contributed by atoms with Crippen LogP contribution in [0.3, 0.4) is 0 Å². The van der Waals surface area contributed by atoms with Gasteiger partial charge in [-0.3, -0.25) is 9.59 Å². The Balaban J connectivity index is 2.11. The first-order chi connectivity index (χ1) is 11.8. The molecule has 5 nitrogen and oxygen atoms in total. The van der Waals surface area contributed by atoms with Gasteiger partial charge in [-0.2, -0.15) is 0 Å². The van der Waals surface area contributed by atoms with E-state index in [2.05, 4.69) is 5.32 Å². The first-order valence-electron chi connectivity index (χ1n) is 7.43. The van der Waals surface area contributed by atoms with Gasteiger partial charge in [0, 0.05) is 11.6 Å². The van der Waals surface area contributed by atoms with E-state index in [-0.39, 0.29) is 17.2 Å². The highest BCUT2D eigenvalue weighted by Gasteiger charge is 2.19. The lowest BCUT2D eigenvalue weighted by Crippen LogP contribution is -2.30. The Morgan fingerprint density at radius 3 is 2.40 bits per heavy atom. The van der Waals surface area contributed by atoms with Gasteiger partial charge in [-0.05, 0) is 44.2 Å². The average Bonchev–Trinajstić information content (AvgIpc) is 2.57. The third kappa shape index (κ3) is 4.53. The molecule has 1 N–H and O–H groups in total. The van der Waals surface area contributed by atoms with Crippen molar-refractivity contribution < 1.29 is 27.8 Å². The Morgan fingerprint density at radius 2 is 1.80 bits per heavy atom. The fourth-order valence-electron chi connectivity index (χ4n) is 2.05. The second-order valence-corrected chi connectivity index (χ2v) is 5.30. The molecule has 0 spiro atoms. The SMILES string of the molecule is COc1cc(C(C)=O)ccc1O[C@@H](C)C(=O)Nc1ccc(F)cc1F. The number of carbonyl (C=O) groups is 2. The minimum Gasteiger partial charge on any atom is -0.493 e. The van der Waals surface area contributed by atoms with E-state index in [9.17, 15) is 18.4 Å². The summed E-state index contributed by atoms with van der Waals surface area (Å²) in [6.07, 6.45) is -0.985. The molecular formula is C18H17F2NO4. The van der Waals surface area contributed by atoms with E-state index >= 15 is 0 Å². The topological polar surface area (TPSA) is 64.6 Å². The Hall–Kier alpha value is -2.96. The normalized spacial score (nSPS) is 11.6. The molecule has 1 atom stereocenters. The number of nitrogens with one attached hydrogen (secondary N) is 1. The molecule has 0 heterocycles. The van der Waals surface area contributed by atoms with Gasteiger partial charge in [0.25, 0.3) is 5.91 Å². The van der Waals surface area contributed by atoms with E-state index in [1.165, 1.54) is 33.1 Å². The quantitative estimate of drug-likeness (QED) is 0.810. The van der Waals surface area contributed by atoms with Crippen LogP contribution in [-0.2, 0) is 4.79 Å². The molecule has 2 rings (SSSR count). The largest absolute Gasteiger partial charge is 0.493 e. The number of Topliss-reactive ketones (excluding diaryl/α,β-unsaturated/α-hetero) is 1. The zero-order valence-corrected chi connectivity index (χ0v) is 13.9. The van der Waals surface area contributed by atoms with Crippen molar-refractivity contribution in [1.29, 1.82) is 0 Å². The zero-order chi connectivity index (χ0) is 18.6. The summed E-state index contributed by atoms with van der Waals surface area (Å²) >= 11 is 0. The fraction of sp³-hybridized carbons (Fsp3) is 0.222. The second kappa shape index (κ2) is 7.74. The Bertz CT molecular complexity index is 808. The lowest BCUT2D eigenvalue weighted by molar-refractivity contribution is -0.122. The molecular weight excluding hydrogens is 332 g/mol. The molecule has 0 unspecified atom stereocenters. The number of hydrogen-bond acceptors (Lipinski definition) is 4.